The standard InChI is InChI=1S/C18H20N2O4S/c1-12(21)19-13-5-4-6-14(9-13)20-18(22)11-25-15-7-8-16(23-2)17(10-15)24-3/h4-10H,11H2,1-3H3,(H,19,21)(H,20,22). The highest BCUT2D eigenvalue weighted by Crippen LogP contribution is 2.31. The molecule has 0 aliphatic carbocycles. The summed E-state index contributed by atoms with van der Waals surface area (Å²) in [4.78, 5) is 24.1. The Bertz CT molecular complexity index is 764. The SMILES string of the molecule is COc1ccc(SCC(=O)Nc2cccc(NC(C)=O)c2)cc1OC. The van der Waals surface area contributed by atoms with Gasteiger partial charge in [0.25, 0.3) is 0 Å². The molecule has 2 amide bonds. The maximum absolute atomic E-state index is 12.1. The molecule has 2 aromatic carbocycles. The van der Waals surface area contributed by atoms with Gasteiger partial charge in [0, 0.05) is 23.2 Å². The summed E-state index contributed by atoms with van der Waals surface area (Å²) in [6.45, 7) is 1.44. The molecule has 2 N–H and O–H groups in total. The molecule has 2 rings (SSSR count). The molecule has 132 valence electrons. The Hall–Kier alpha value is -2.67. The third kappa shape index (κ3) is 5.72. The number of hydrogen-bond acceptors (Lipinski definition) is 5. The zero-order valence-electron chi connectivity index (χ0n) is 14.3. The minimum atomic E-state index is -0.160. The number of rotatable bonds is 7. The number of benzene rings is 2. The van der Waals surface area contributed by atoms with Gasteiger partial charge in [-0.3, -0.25) is 9.59 Å². The summed E-state index contributed by atoms with van der Waals surface area (Å²) in [5.41, 5.74) is 1.27. The quantitative estimate of drug-likeness (QED) is 0.740. The molecule has 0 bridgehead atoms. The van der Waals surface area contributed by atoms with Gasteiger partial charge in [0.2, 0.25) is 11.8 Å². The zero-order chi connectivity index (χ0) is 18.2. The number of hydrogen-bond donors (Lipinski definition) is 2. The number of thioether (sulfide) groups is 1. The lowest BCUT2D eigenvalue weighted by molar-refractivity contribution is -0.114. The van der Waals surface area contributed by atoms with Crippen LogP contribution in [0.1, 0.15) is 6.92 Å². The van der Waals surface area contributed by atoms with E-state index < -0.39 is 0 Å². The Labute approximate surface area is 150 Å². The molecule has 6 nitrogen and oxygen atoms in total. The minimum Gasteiger partial charge on any atom is -0.493 e. The van der Waals surface area contributed by atoms with Crippen molar-refractivity contribution in [1.29, 1.82) is 0 Å². The molecule has 0 heterocycles. The van der Waals surface area contributed by atoms with Crippen LogP contribution in [0.4, 0.5) is 11.4 Å². The van der Waals surface area contributed by atoms with Gasteiger partial charge in [0.05, 0.1) is 20.0 Å². The molecule has 0 aliphatic heterocycles. The largest absolute Gasteiger partial charge is 0.493 e. The van der Waals surface area contributed by atoms with Gasteiger partial charge < -0.3 is 20.1 Å². The third-order valence-corrected chi connectivity index (χ3v) is 4.19. The number of nitrogens with one attached hydrogen (secondary N) is 2. The van der Waals surface area contributed by atoms with Gasteiger partial charge in [-0.15, -0.1) is 11.8 Å². The lowest BCUT2D eigenvalue weighted by atomic mass is 10.2. The summed E-state index contributed by atoms with van der Waals surface area (Å²) in [7, 11) is 3.15. The van der Waals surface area contributed by atoms with Crippen molar-refractivity contribution in [3.05, 3.63) is 42.5 Å². The molecule has 2 aromatic rings. The van der Waals surface area contributed by atoms with E-state index in [4.69, 9.17) is 9.47 Å². The van der Waals surface area contributed by atoms with E-state index in [0.29, 0.717) is 22.9 Å². The van der Waals surface area contributed by atoms with Crippen LogP contribution in [0.15, 0.2) is 47.4 Å². The molecule has 25 heavy (non-hydrogen) atoms. The van der Waals surface area contributed by atoms with Crippen LogP contribution in [0.2, 0.25) is 0 Å². The van der Waals surface area contributed by atoms with Crippen LogP contribution in [0.3, 0.4) is 0 Å². The van der Waals surface area contributed by atoms with E-state index in [9.17, 15) is 9.59 Å². The van der Waals surface area contributed by atoms with Gasteiger partial charge in [-0.05, 0) is 36.4 Å². The smallest absolute Gasteiger partial charge is 0.234 e. The van der Waals surface area contributed by atoms with E-state index in [-0.39, 0.29) is 17.6 Å². The molecule has 0 unspecified atom stereocenters. The first-order chi connectivity index (χ1) is 12.0. The Morgan fingerprint density at radius 3 is 2.28 bits per heavy atom. The molecule has 0 aromatic heterocycles. The zero-order valence-corrected chi connectivity index (χ0v) is 15.1. The first kappa shape index (κ1) is 18.7. The van der Waals surface area contributed by atoms with Gasteiger partial charge >= 0.3 is 0 Å². The van der Waals surface area contributed by atoms with Crippen molar-refractivity contribution in [3.8, 4) is 11.5 Å². The topological polar surface area (TPSA) is 76.7 Å². The van der Waals surface area contributed by atoms with E-state index in [0.717, 1.165) is 4.90 Å². The maximum Gasteiger partial charge on any atom is 0.234 e. The van der Waals surface area contributed by atoms with Crippen molar-refractivity contribution in [2.24, 2.45) is 0 Å². The number of amides is 2. The summed E-state index contributed by atoms with van der Waals surface area (Å²) >= 11 is 1.39. The molecule has 0 atom stereocenters. The third-order valence-electron chi connectivity index (χ3n) is 3.19. The van der Waals surface area contributed by atoms with E-state index in [1.807, 2.05) is 12.1 Å². The van der Waals surface area contributed by atoms with Crippen molar-refractivity contribution in [2.45, 2.75) is 11.8 Å². The van der Waals surface area contributed by atoms with E-state index in [1.54, 1.807) is 44.6 Å². The minimum absolute atomic E-state index is 0.139. The van der Waals surface area contributed by atoms with Crippen molar-refractivity contribution in [1.82, 2.24) is 0 Å². The van der Waals surface area contributed by atoms with Crippen molar-refractivity contribution >= 4 is 35.0 Å². The van der Waals surface area contributed by atoms with Crippen LogP contribution < -0.4 is 20.1 Å². The van der Waals surface area contributed by atoms with Crippen LogP contribution in [-0.2, 0) is 9.59 Å². The molecule has 0 spiro atoms. The molecule has 0 radical (unpaired) electrons. The van der Waals surface area contributed by atoms with Crippen LogP contribution in [0.5, 0.6) is 11.5 Å². The molecule has 0 aliphatic rings. The average Bonchev–Trinajstić information content (AvgIpc) is 2.59. The highest BCUT2D eigenvalue weighted by atomic mass is 32.2. The summed E-state index contributed by atoms with van der Waals surface area (Å²) in [5.74, 6) is 1.22. The molecule has 7 heteroatoms. The molecular formula is C18H20N2O4S. The number of carbonyl (C=O) groups excluding carboxylic acids is 2. The fourth-order valence-electron chi connectivity index (χ4n) is 2.13. The summed E-state index contributed by atoms with van der Waals surface area (Å²) in [6, 6.07) is 12.5. The fourth-order valence-corrected chi connectivity index (χ4v) is 2.85. The van der Waals surface area contributed by atoms with Crippen molar-refractivity contribution in [2.75, 3.05) is 30.6 Å². The highest BCUT2D eigenvalue weighted by molar-refractivity contribution is 8.00. The lowest BCUT2D eigenvalue weighted by Crippen LogP contribution is -2.14. The van der Waals surface area contributed by atoms with Gasteiger partial charge in [-0.1, -0.05) is 6.07 Å². The van der Waals surface area contributed by atoms with Crippen molar-refractivity contribution < 1.29 is 19.1 Å². The maximum atomic E-state index is 12.1. The van der Waals surface area contributed by atoms with Gasteiger partial charge in [0.1, 0.15) is 0 Å². The summed E-state index contributed by atoms with van der Waals surface area (Å²) < 4.78 is 10.4. The summed E-state index contributed by atoms with van der Waals surface area (Å²) in [5, 5.41) is 5.49. The second-order valence-electron chi connectivity index (χ2n) is 5.12. The molecule has 0 fully saturated rings. The van der Waals surface area contributed by atoms with Gasteiger partial charge in [-0.2, -0.15) is 0 Å². The van der Waals surface area contributed by atoms with Crippen LogP contribution in [0, 0.1) is 0 Å². The van der Waals surface area contributed by atoms with E-state index in [1.165, 1.54) is 18.7 Å². The monoisotopic (exact) mass is 360 g/mol. The van der Waals surface area contributed by atoms with Crippen LogP contribution in [-0.4, -0.2) is 31.8 Å². The van der Waals surface area contributed by atoms with E-state index >= 15 is 0 Å². The molecule has 0 saturated carbocycles. The number of ether oxygens (including phenoxy) is 2. The predicted molar refractivity (Wildman–Crippen MR) is 99.6 cm³/mol. The lowest BCUT2D eigenvalue weighted by Gasteiger charge is -2.10. The first-order valence-electron chi connectivity index (χ1n) is 7.54. The highest BCUT2D eigenvalue weighted by Gasteiger charge is 2.08. The first-order valence-corrected chi connectivity index (χ1v) is 8.52. The Morgan fingerprint density at radius 1 is 0.960 bits per heavy atom. The average molecular weight is 360 g/mol. The van der Waals surface area contributed by atoms with Gasteiger partial charge in [0.15, 0.2) is 11.5 Å². The predicted octanol–water partition coefficient (Wildman–Crippen LogP) is 3.39. The Morgan fingerprint density at radius 2 is 1.64 bits per heavy atom. The van der Waals surface area contributed by atoms with Gasteiger partial charge in [-0.25, -0.2) is 0 Å². The second-order valence-corrected chi connectivity index (χ2v) is 6.16. The Kier molecular flexibility index (Phi) is 6.71. The Balaban J connectivity index is 1.93. The van der Waals surface area contributed by atoms with Crippen molar-refractivity contribution in [3.63, 3.8) is 0 Å². The molecular weight excluding hydrogens is 340 g/mol. The number of methoxy groups -OCH3 is 2. The van der Waals surface area contributed by atoms with Crippen LogP contribution >= 0.6 is 11.8 Å². The normalized spacial score (nSPS) is 10.0. The van der Waals surface area contributed by atoms with E-state index in [2.05, 4.69) is 10.6 Å². The summed E-state index contributed by atoms with van der Waals surface area (Å²) in [6.07, 6.45) is 0. The fraction of sp³-hybridized carbons (Fsp3) is 0.222. The molecule has 0 saturated heterocycles. The second kappa shape index (κ2) is 8.98. The van der Waals surface area contributed by atoms with Crippen LogP contribution in [0.25, 0.3) is 0 Å². The number of carbonyl (C=O) groups is 2. The number of anilines is 2.